The molecule has 9 heteroatoms. The van der Waals surface area contributed by atoms with Gasteiger partial charge in [-0.2, -0.15) is 8.78 Å². The third-order valence-corrected chi connectivity index (χ3v) is 3.31. The number of nitro benzene ring substituents is 1. The van der Waals surface area contributed by atoms with Crippen LogP contribution in [0.15, 0.2) is 48.5 Å². The average Bonchev–Trinajstić information content (AvgIpc) is 2.61. The molecule has 0 heterocycles. The van der Waals surface area contributed by atoms with Crippen LogP contribution in [0.5, 0.6) is 5.75 Å². The van der Waals surface area contributed by atoms with Crippen molar-refractivity contribution in [3.8, 4) is 5.75 Å². The smallest absolute Gasteiger partial charge is 0.387 e. The summed E-state index contributed by atoms with van der Waals surface area (Å²) in [6.45, 7) is -1.65. The van der Waals surface area contributed by atoms with Crippen LogP contribution < -0.4 is 4.74 Å². The van der Waals surface area contributed by atoms with Gasteiger partial charge < -0.3 is 9.47 Å². The van der Waals surface area contributed by atoms with Crippen molar-refractivity contribution in [1.29, 1.82) is 0 Å². The Morgan fingerprint density at radius 2 is 1.73 bits per heavy atom. The van der Waals surface area contributed by atoms with Gasteiger partial charge in [-0.1, -0.05) is 6.07 Å². The topological polar surface area (TPSA) is 95.7 Å². The Kier molecular flexibility index (Phi) is 5.94. The number of ether oxygens (including phenoxy) is 2. The van der Waals surface area contributed by atoms with Gasteiger partial charge in [-0.05, 0) is 37.3 Å². The summed E-state index contributed by atoms with van der Waals surface area (Å²) in [5.74, 6) is -1.57. The third-order valence-electron chi connectivity index (χ3n) is 3.31. The number of hydrogen-bond donors (Lipinski definition) is 0. The van der Waals surface area contributed by atoms with Crippen molar-refractivity contribution in [3.05, 3.63) is 69.8 Å². The minimum atomic E-state index is -2.98. The molecule has 0 saturated carbocycles. The molecule has 0 N–H and O–H groups in total. The number of nitrogens with zero attached hydrogens (tertiary/aromatic N) is 1. The van der Waals surface area contributed by atoms with E-state index in [1.54, 1.807) is 0 Å². The first kappa shape index (κ1) is 19.0. The standard InChI is InChI=1S/C17H13F2NO6/c1-10(15(21)11-5-7-14(8-6-11)26-17(18)19)25-16(22)12-3-2-4-13(9-12)20(23)24/h2-10,17H,1H3/t10-/m0/s1. The summed E-state index contributed by atoms with van der Waals surface area (Å²) in [6.07, 6.45) is -1.18. The first-order valence-corrected chi connectivity index (χ1v) is 7.32. The predicted molar refractivity (Wildman–Crippen MR) is 85.4 cm³/mol. The van der Waals surface area contributed by atoms with E-state index in [0.717, 1.165) is 6.07 Å². The molecule has 26 heavy (non-hydrogen) atoms. The molecule has 2 aromatic rings. The van der Waals surface area contributed by atoms with E-state index in [1.807, 2.05) is 0 Å². The molecule has 2 rings (SSSR count). The highest BCUT2D eigenvalue weighted by atomic mass is 19.3. The number of hydrogen-bond acceptors (Lipinski definition) is 6. The van der Waals surface area contributed by atoms with Crippen molar-refractivity contribution in [2.45, 2.75) is 19.6 Å². The fourth-order valence-corrected chi connectivity index (χ4v) is 2.06. The zero-order valence-corrected chi connectivity index (χ0v) is 13.4. The Balaban J connectivity index is 2.05. The van der Waals surface area contributed by atoms with Gasteiger partial charge in [0.2, 0.25) is 5.78 Å². The molecular weight excluding hydrogens is 352 g/mol. The Bertz CT molecular complexity index is 822. The van der Waals surface area contributed by atoms with Gasteiger partial charge in [0.15, 0.2) is 6.10 Å². The van der Waals surface area contributed by atoms with E-state index in [2.05, 4.69) is 4.74 Å². The predicted octanol–water partition coefficient (Wildman–Crippen LogP) is 3.62. The Morgan fingerprint density at radius 3 is 2.31 bits per heavy atom. The second-order valence-corrected chi connectivity index (χ2v) is 5.12. The molecule has 0 saturated heterocycles. The van der Waals surface area contributed by atoms with Gasteiger partial charge >= 0.3 is 12.6 Å². The van der Waals surface area contributed by atoms with Crippen LogP contribution in [-0.4, -0.2) is 29.4 Å². The lowest BCUT2D eigenvalue weighted by molar-refractivity contribution is -0.384. The molecule has 0 unspecified atom stereocenters. The number of esters is 1. The van der Waals surface area contributed by atoms with Crippen molar-refractivity contribution in [2.75, 3.05) is 0 Å². The molecule has 0 fully saturated rings. The van der Waals surface area contributed by atoms with Gasteiger partial charge in [-0.15, -0.1) is 0 Å². The first-order chi connectivity index (χ1) is 12.3. The van der Waals surface area contributed by atoms with E-state index < -0.39 is 29.4 Å². The summed E-state index contributed by atoms with van der Waals surface area (Å²) in [5, 5.41) is 10.7. The van der Waals surface area contributed by atoms with E-state index in [0.29, 0.717) is 0 Å². The third kappa shape index (κ3) is 4.82. The van der Waals surface area contributed by atoms with E-state index >= 15 is 0 Å². The number of carbonyl (C=O) groups is 2. The second-order valence-electron chi connectivity index (χ2n) is 5.12. The normalized spacial score (nSPS) is 11.7. The molecule has 0 aliphatic heterocycles. The molecule has 0 radical (unpaired) electrons. The van der Waals surface area contributed by atoms with Gasteiger partial charge in [-0.3, -0.25) is 14.9 Å². The monoisotopic (exact) mass is 365 g/mol. The lowest BCUT2D eigenvalue weighted by Gasteiger charge is -2.13. The minimum absolute atomic E-state index is 0.0699. The molecule has 7 nitrogen and oxygen atoms in total. The molecule has 0 aromatic heterocycles. The zero-order chi connectivity index (χ0) is 19.3. The SMILES string of the molecule is C[C@H](OC(=O)c1cccc([N+](=O)[O-])c1)C(=O)c1ccc(OC(F)F)cc1. The largest absolute Gasteiger partial charge is 0.451 e. The van der Waals surface area contributed by atoms with Crippen molar-refractivity contribution in [3.63, 3.8) is 0 Å². The molecular formula is C17H13F2NO6. The number of ketones is 1. The summed E-state index contributed by atoms with van der Waals surface area (Å²) in [4.78, 5) is 34.4. The van der Waals surface area contributed by atoms with E-state index in [9.17, 15) is 28.5 Å². The Morgan fingerprint density at radius 1 is 1.08 bits per heavy atom. The summed E-state index contributed by atoms with van der Waals surface area (Å²) >= 11 is 0. The molecule has 0 bridgehead atoms. The lowest BCUT2D eigenvalue weighted by atomic mass is 10.1. The second kappa shape index (κ2) is 8.15. The number of rotatable bonds is 7. The fourth-order valence-electron chi connectivity index (χ4n) is 2.06. The fraction of sp³-hybridized carbons (Fsp3) is 0.176. The highest BCUT2D eigenvalue weighted by Gasteiger charge is 2.21. The van der Waals surface area contributed by atoms with Gasteiger partial charge in [-0.25, -0.2) is 4.79 Å². The maximum Gasteiger partial charge on any atom is 0.387 e. The number of halogens is 2. The maximum absolute atomic E-state index is 12.2. The van der Waals surface area contributed by atoms with Crippen molar-refractivity contribution >= 4 is 17.4 Å². The van der Waals surface area contributed by atoms with Crippen LogP contribution in [-0.2, 0) is 4.74 Å². The van der Waals surface area contributed by atoms with Crippen LogP contribution in [0.3, 0.4) is 0 Å². The van der Waals surface area contributed by atoms with E-state index in [1.165, 1.54) is 49.4 Å². The summed E-state index contributed by atoms with van der Waals surface area (Å²) in [7, 11) is 0. The van der Waals surface area contributed by atoms with Gasteiger partial charge in [0, 0.05) is 17.7 Å². The molecule has 0 aliphatic carbocycles. The van der Waals surface area contributed by atoms with Crippen LogP contribution in [0, 0.1) is 10.1 Å². The summed E-state index contributed by atoms with van der Waals surface area (Å²) in [6, 6.07) is 9.80. The number of carbonyl (C=O) groups excluding carboxylic acids is 2. The number of non-ortho nitro benzene ring substituents is 1. The maximum atomic E-state index is 12.2. The molecule has 2 aromatic carbocycles. The van der Waals surface area contributed by atoms with Gasteiger partial charge in [0.25, 0.3) is 5.69 Å². The number of nitro groups is 1. The minimum Gasteiger partial charge on any atom is -0.451 e. The highest BCUT2D eigenvalue weighted by Crippen LogP contribution is 2.18. The van der Waals surface area contributed by atoms with Crippen LogP contribution in [0.2, 0.25) is 0 Å². The van der Waals surface area contributed by atoms with E-state index in [-0.39, 0.29) is 22.6 Å². The highest BCUT2D eigenvalue weighted by molar-refractivity contribution is 6.01. The molecule has 0 spiro atoms. The number of benzene rings is 2. The Hall–Kier alpha value is -3.36. The van der Waals surface area contributed by atoms with Crippen LogP contribution in [0.4, 0.5) is 14.5 Å². The number of alkyl halides is 2. The lowest BCUT2D eigenvalue weighted by Crippen LogP contribution is -2.24. The van der Waals surface area contributed by atoms with Crippen molar-refractivity contribution in [1.82, 2.24) is 0 Å². The molecule has 0 amide bonds. The van der Waals surface area contributed by atoms with Gasteiger partial charge in [0.1, 0.15) is 5.75 Å². The van der Waals surface area contributed by atoms with Gasteiger partial charge in [0.05, 0.1) is 10.5 Å². The molecule has 1 atom stereocenters. The average molecular weight is 365 g/mol. The molecule has 136 valence electrons. The van der Waals surface area contributed by atoms with Crippen LogP contribution in [0.1, 0.15) is 27.6 Å². The summed E-state index contributed by atoms with van der Waals surface area (Å²) < 4.78 is 33.4. The molecule has 0 aliphatic rings. The van der Waals surface area contributed by atoms with Crippen molar-refractivity contribution < 1.29 is 32.8 Å². The first-order valence-electron chi connectivity index (χ1n) is 7.32. The zero-order valence-electron chi connectivity index (χ0n) is 13.4. The van der Waals surface area contributed by atoms with Crippen LogP contribution in [0.25, 0.3) is 0 Å². The quantitative estimate of drug-likeness (QED) is 0.322. The Labute approximate surface area is 146 Å². The summed E-state index contributed by atoms with van der Waals surface area (Å²) in [5.41, 5.74) is -0.224. The van der Waals surface area contributed by atoms with E-state index in [4.69, 9.17) is 4.74 Å². The van der Waals surface area contributed by atoms with Crippen LogP contribution >= 0.6 is 0 Å². The van der Waals surface area contributed by atoms with Crippen molar-refractivity contribution in [2.24, 2.45) is 0 Å². The number of Topliss-reactive ketones (excluding diaryl/α,β-unsaturated/α-hetero) is 1.